The smallest absolute Gasteiger partial charge is 0.254 e. The van der Waals surface area contributed by atoms with Crippen LogP contribution < -0.4 is 5.56 Å². The van der Waals surface area contributed by atoms with Crippen LogP contribution in [0, 0.1) is 5.82 Å². The highest BCUT2D eigenvalue weighted by molar-refractivity contribution is 6.31. The number of nitrogens with one attached hydrogen (secondary N) is 1. The second-order valence-corrected chi connectivity index (χ2v) is 5.46. The Morgan fingerprint density at radius 3 is 2.90 bits per heavy atom. The van der Waals surface area contributed by atoms with E-state index in [0.29, 0.717) is 17.3 Å². The Hall–Kier alpha value is -1.68. The van der Waals surface area contributed by atoms with Crippen LogP contribution in [0.3, 0.4) is 0 Å². The third-order valence-electron chi connectivity index (χ3n) is 3.61. The normalized spacial score (nSPS) is 14.1. The van der Waals surface area contributed by atoms with Gasteiger partial charge in [-0.1, -0.05) is 17.7 Å². The number of benzene rings is 1. The van der Waals surface area contributed by atoms with Gasteiger partial charge >= 0.3 is 0 Å². The van der Waals surface area contributed by atoms with Gasteiger partial charge in [0.05, 0.1) is 5.69 Å². The highest BCUT2D eigenvalue weighted by atomic mass is 35.5. The number of H-pyrrole nitrogens is 1. The molecule has 0 saturated heterocycles. The van der Waals surface area contributed by atoms with E-state index in [1.54, 1.807) is 6.07 Å². The van der Waals surface area contributed by atoms with Gasteiger partial charge in [-0.25, -0.2) is 9.37 Å². The average molecular weight is 293 g/mol. The van der Waals surface area contributed by atoms with Gasteiger partial charge in [0.1, 0.15) is 11.6 Å². The van der Waals surface area contributed by atoms with Crippen molar-refractivity contribution in [3.05, 3.63) is 62.0 Å². The molecule has 5 heteroatoms. The molecule has 0 saturated carbocycles. The van der Waals surface area contributed by atoms with Gasteiger partial charge in [0, 0.05) is 17.0 Å². The van der Waals surface area contributed by atoms with Crippen LogP contribution in [0.1, 0.15) is 35.5 Å². The van der Waals surface area contributed by atoms with Crippen LogP contribution in [-0.4, -0.2) is 9.97 Å². The van der Waals surface area contributed by atoms with Crippen LogP contribution in [0.15, 0.2) is 23.0 Å². The van der Waals surface area contributed by atoms with Crippen molar-refractivity contribution in [2.24, 2.45) is 0 Å². The van der Waals surface area contributed by atoms with Gasteiger partial charge in [-0.05, 0) is 43.4 Å². The van der Waals surface area contributed by atoms with Crippen LogP contribution in [0.2, 0.25) is 5.02 Å². The quantitative estimate of drug-likeness (QED) is 0.925. The second-order valence-electron chi connectivity index (χ2n) is 5.06. The Morgan fingerprint density at radius 1 is 1.30 bits per heavy atom. The van der Waals surface area contributed by atoms with E-state index in [1.807, 2.05) is 0 Å². The van der Waals surface area contributed by atoms with Crippen LogP contribution in [-0.2, 0) is 19.3 Å². The molecule has 1 aliphatic carbocycles. The molecule has 0 unspecified atom stereocenters. The molecule has 1 N–H and O–H groups in total. The number of hydrogen-bond donors (Lipinski definition) is 1. The molecular formula is C15H14ClFN2O. The molecule has 20 heavy (non-hydrogen) atoms. The number of hydrogen-bond acceptors (Lipinski definition) is 2. The van der Waals surface area contributed by atoms with Crippen molar-refractivity contribution in [1.29, 1.82) is 0 Å². The van der Waals surface area contributed by atoms with Crippen molar-refractivity contribution in [1.82, 2.24) is 9.97 Å². The summed E-state index contributed by atoms with van der Waals surface area (Å²) in [5.74, 6) is 0.217. The maximum Gasteiger partial charge on any atom is 0.254 e. The number of aromatic nitrogens is 2. The molecule has 0 bridgehead atoms. The molecule has 2 aromatic rings. The highest BCUT2D eigenvalue weighted by Crippen LogP contribution is 2.20. The van der Waals surface area contributed by atoms with E-state index in [4.69, 9.17) is 11.6 Å². The molecule has 1 aromatic heterocycles. The van der Waals surface area contributed by atoms with E-state index in [0.717, 1.165) is 42.5 Å². The molecule has 3 nitrogen and oxygen atoms in total. The van der Waals surface area contributed by atoms with Crippen molar-refractivity contribution >= 4 is 11.6 Å². The number of nitrogens with zero attached hydrogens (tertiary/aromatic N) is 1. The topological polar surface area (TPSA) is 45.8 Å². The molecule has 104 valence electrons. The number of rotatable bonds is 2. The second kappa shape index (κ2) is 5.37. The molecule has 1 aliphatic rings. The predicted octanol–water partition coefficient (Wildman–Crippen LogP) is 3.03. The molecular weight excluding hydrogens is 279 g/mol. The van der Waals surface area contributed by atoms with E-state index in [-0.39, 0.29) is 11.4 Å². The van der Waals surface area contributed by atoms with Gasteiger partial charge in [0.2, 0.25) is 0 Å². The zero-order valence-electron chi connectivity index (χ0n) is 10.9. The third-order valence-corrected chi connectivity index (χ3v) is 3.97. The minimum Gasteiger partial charge on any atom is -0.310 e. The van der Waals surface area contributed by atoms with Gasteiger partial charge in [0.25, 0.3) is 5.56 Å². The molecule has 1 heterocycles. The summed E-state index contributed by atoms with van der Waals surface area (Å²) in [6.07, 6.45) is 4.17. The predicted molar refractivity (Wildman–Crippen MR) is 75.7 cm³/mol. The number of aryl methyl sites for hydroxylation is 1. The summed E-state index contributed by atoms with van der Waals surface area (Å²) in [5.41, 5.74) is 2.41. The fraction of sp³-hybridized carbons (Fsp3) is 0.333. The maximum absolute atomic E-state index is 13.0. The van der Waals surface area contributed by atoms with E-state index >= 15 is 0 Å². The van der Waals surface area contributed by atoms with Crippen LogP contribution in [0.4, 0.5) is 4.39 Å². The molecule has 3 rings (SSSR count). The summed E-state index contributed by atoms with van der Waals surface area (Å²) in [4.78, 5) is 19.4. The lowest BCUT2D eigenvalue weighted by Crippen LogP contribution is -2.23. The first kappa shape index (κ1) is 13.3. The number of halogens is 2. The maximum atomic E-state index is 13.0. The summed E-state index contributed by atoms with van der Waals surface area (Å²) in [6.45, 7) is 0. The first-order chi connectivity index (χ1) is 9.63. The summed E-state index contributed by atoms with van der Waals surface area (Å²) in [6, 6.07) is 4.25. The first-order valence-corrected chi connectivity index (χ1v) is 7.06. The fourth-order valence-electron chi connectivity index (χ4n) is 2.58. The summed E-state index contributed by atoms with van der Waals surface area (Å²) < 4.78 is 13.0. The SMILES string of the molecule is O=c1[nH]c(Cc2ccc(F)cc2Cl)nc2c1CCCC2. The van der Waals surface area contributed by atoms with Crippen molar-refractivity contribution in [3.63, 3.8) is 0 Å². The molecule has 0 spiro atoms. The minimum atomic E-state index is -0.370. The Labute approximate surface area is 120 Å². The monoisotopic (exact) mass is 292 g/mol. The molecule has 0 fully saturated rings. The van der Waals surface area contributed by atoms with Crippen molar-refractivity contribution in [2.75, 3.05) is 0 Å². The fourth-order valence-corrected chi connectivity index (χ4v) is 2.82. The Morgan fingerprint density at radius 2 is 2.10 bits per heavy atom. The van der Waals surface area contributed by atoms with Crippen molar-refractivity contribution in [2.45, 2.75) is 32.1 Å². The van der Waals surface area contributed by atoms with Gasteiger partial charge in [-0.2, -0.15) is 0 Å². The van der Waals surface area contributed by atoms with Gasteiger partial charge in [-0.15, -0.1) is 0 Å². The van der Waals surface area contributed by atoms with Gasteiger partial charge < -0.3 is 4.98 Å². The zero-order valence-corrected chi connectivity index (χ0v) is 11.6. The van der Waals surface area contributed by atoms with E-state index < -0.39 is 0 Å². The van der Waals surface area contributed by atoms with Crippen LogP contribution >= 0.6 is 11.6 Å². The summed E-state index contributed by atoms with van der Waals surface area (Å²) in [5, 5.41) is 0.352. The zero-order chi connectivity index (χ0) is 14.1. The van der Waals surface area contributed by atoms with Crippen LogP contribution in [0.25, 0.3) is 0 Å². The molecule has 0 atom stereocenters. The Balaban J connectivity index is 1.95. The van der Waals surface area contributed by atoms with Crippen LogP contribution in [0.5, 0.6) is 0 Å². The number of aromatic amines is 1. The lowest BCUT2D eigenvalue weighted by Gasteiger charge is -2.14. The van der Waals surface area contributed by atoms with Gasteiger partial charge in [-0.3, -0.25) is 4.79 Å². The van der Waals surface area contributed by atoms with E-state index in [2.05, 4.69) is 9.97 Å². The summed E-state index contributed by atoms with van der Waals surface area (Å²) in [7, 11) is 0. The van der Waals surface area contributed by atoms with Gasteiger partial charge in [0.15, 0.2) is 0 Å². The highest BCUT2D eigenvalue weighted by Gasteiger charge is 2.16. The summed E-state index contributed by atoms with van der Waals surface area (Å²) >= 11 is 6.00. The molecule has 0 amide bonds. The van der Waals surface area contributed by atoms with Crippen molar-refractivity contribution in [3.8, 4) is 0 Å². The first-order valence-electron chi connectivity index (χ1n) is 6.68. The Bertz CT molecular complexity index is 712. The average Bonchev–Trinajstić information content (AvgIpc) is 2.42. The third kappa shape index (κ3) is 2.61. The standard InChI is InChI=1S/C15H14ClFN2O/c16-12-8-10(17)6-5-9(12)7-14-18-13-4-2-1-3-11(13)15(20)19-14/h5-6,8H,1-4,7H2,(H,18,19,20). The Kier molecular flexibility index (Phi) is 3.57. The van der Waals surface area contributed by atoms with E-state index in [1.165, 1.54) is 12.1 Å². The minimum absolute atomic E-state index is 0.0528. The molecule has 1 aromatic carbocycles. The number of fused-ring (bicyclic) bond motifs is 1. The lowest BCUT2D eigenvalue weighted by molar-refractivity contribution is 0.627. The molecule has 0 aliphatic heterocycles. The van der Waals surface area contributed by atoms with E-state index in [9.17, 15) is 9.18 Å². The van der Waals surface area contributed by atoms with Crippen molar-refractivity contribution < 1.29 is 4.39 Å². The molecule has 0 radical (unpaired) electrons. The lowest BCUT2D eigenvalue weighted by atomic mass is 9.97. The largest absolute Gasteiger partial charge is 0.310 e.